The molecule has 70 valence electrons. The Labute approximate surface area is 74.7 Å². The number of rotatable bonds is 3. The highest BCUT2D eigenvalue weighted by Crippen LogP contribution is 2.50. The molecule has 2 rings (SSSR count). The molecule has 1 aliphatic carbocycles. The predicted octanol–water partition coefficient (Wildman–Crippen LogP) is 1.56. The Bertz CT molecular complexity index is 148. The molecule has 1 unspecified atom stereocenters. The molecule has 1 heterocycles. The Morgan fingerprint density at radius 2 is 2.25 bits per heavy atom. The molecule has 0 radical (unpaired) electrons. The van der Waals surface area contributed by atoms with E-state index in [1.165, 1.54) is 38.6 Å². The molecule has 1 N–H and O–H groups in total. The number of nitrogens with one attached hydrogen (secondary N) is 1. The zero-order chi connectivity index (χ0) is 8.44. The van der Waals surface area contributed by atoms with Crippen LogP contribution >= 0.6 is 0 Å². The molecule has 0 spiro atoms. The summed E-state index contributed by atoms with van der Waals surface area (Å²) in [6.45, 7) is 2.18. The first-order valence-corrected chi connectivity index (χ1v) is 5.10. The van der Waals surface area contributed by atoms with Gasteiger partial charge in [-0.15, -0.1) is 0 Å². The summed E-state index contributed by atoms with van der Waals surface area (Å²) in [5.41, 5.74) is 0.537. The maximum absolute atomic E-state index is 5.28. The minimum atomic E-state index is 0.537. The number of ether oxygens (including phenoxy) is 1. The van der Waals surface area contributed by atoms with Crippen LogP contribution in [0, 0.1) is 5.41 Å². The molecule has 2 nitrogen and oxygen atoms in total. The van der Waals surface area contributed by atoms with Crippen molar-refractivity contribution in [3.05, 3.63) is 0 Å². The molecule has 1 aliphatic heterocycles. The fourth-order valence-corrected chi connectivity index (χ4v) is 2.42. The van der Waals surface area contributed by atoms with E-state index in [4.69, 9.17) is 4.74 Å². The topological polar surface area (TPSA) is 21.3 Å². The van der Waals surface area contributed by atoms with Crippen molar-refractivity contribution < 1.29 is 4.74 Å². The molecule has 0 amide bonds. The number of piperidine rings is 1. The summed E-state index contributed by atoms with van der Waals surface area (Å²) in [4.78, 5) is 0. The third-order valence-corrected chi connectivity index (χ3v) is 3.37. The maximum Gasteiger partial charge on any atom is 0.0533 e. The van der Waals surface area contributed by atoms with Crippen LogP contribution in [-0.2, 0) is 4.74 Å². The van der Waals surface area contributed by atoms with Gasteiger partial charge >= 0.3 is 0 Å². The monoisotopic (exact) mass is 169 g/mol. The van der Waals surface area contributed by atoms with E-state index in [9.17, 15) is 0 Å². The molecule has 0 aromatic carbocycles. The SMILES string of the molecule is COCC1(C2CCCCN2)CC1. The minimum Gasteiger partial charge on any atom is -0.384 e. The van der Waals surface area contributed by atoms with Gasteiger partial charge in [0, 0.05) is 18.6 Å². The Morgan fingerprint density at radius 3 is 2.75 bits per heavy atom. The van der Waals surface area contributed by atoms with Gasteiger partial charge in [-0.05, 0) is 32.2 Å². The van der Waals surface area contributed by atoms with E-state index in [0.717, 1.165) is 12.6 Å². The van der Waals surface area contributed by atoms with Crippen molar-refractivity contribution in [3.63, 3.8) is 0 Å². The van der Waals surface area contributed by atoms with Gasteiger partial charge in [-0.3, -0.25) is 0 Å². The quantitative estimate of drug-likeness (QED) is 0.692. The van der Waals surface area contributed by atoms with Crippen molar-refractivity contribution in [1.29, 1.82) is 0 Å². The molecular formula is C10H19NO. The summed E-state index contributed by atoms with van der Waals surface area (Å²) < 4.78 is 5.28. The fraction of sp³-hybridized carbons (Fsp3) is 1.00. The Kier molecular flexibility index (Phi) is 2.37. The van der Waals surface area contributed by atoms with Crippen LogP contribution in [-0.4, -0.2) is 26.3 Å². The molecule has 1 saturated carbocycles. The molecular weight excluding hydrogens is 150 g/mol. The second-order valence-corrected chi connectivity index (χ2v) is 4.30. The average Bonchev–Trinajstić information content (AvgIpc) is 2.88. The number of methoxy groups -OCH3 is 1. The van der Waals surface area contributed by atoms with Crippen LogP contribution in [0.25, 0.3) is 0 Å². The first-order chi connectivity index (χ1) is 5.87. The molecule has 2 aliphatic rings. The minimum absolute atomic E-state index is 0.537. The third kappa shape index (κ3) is 1.50. The van der Waals surface area contributed by atoms with Gasteiger partial charge < -0.3 is 10.1 Å². The van der Waals surface area contributed by atoms with Crippen LogP contribution in [0.2, 0.25) is 0 Å². The Morgan fingerprint density at radius 1 is 1.42 bits per heavy atom. The van der Waals surface area contributed by atoms with Crippen molar-refractivity contribution >= 4 is 0 Å². The zero-order valence-electron chi connectivity index (χ0n) is 7.94. The second kappa shape index (κ2) is 3.35. The van der Waals surface area contributed by atoms with Crippen molar-refractivity contribution in [2.75, 3.05) is 20.3 Å². The molecule has 2 heteroatoms. The number of hydrogen-bond donors (Lipinski definition) is 1. The first-order valence-electron chi connectivity index (χ1n) is 5.10. The average molecular weight is 169 g/mol. The van der Waals surface area contributed by atoms with Crippen LogP contribution in [0.1, 0.15) is 32.1 Å². The lowest BCUT2D eigenvalue weighted by Crippen LogP contribution is -2.42. The van der Waals surface area contributed by atoms with E-state index in [1.54, 1.807) is 0 Å². The summed E-state index contributed by atoms with van der Waals surface area (Å²) in [5.74, 6) is 0. The molecule has 0 aromatic rings. The summed E-state index contributed by atoms with van der Waals surface area (Å²) >= 11 is 0. The Hall–Kier alpha value is -0.0800. The van der Waals surface area contributed by atoms with E-state index in [2.05, 4.69) is 5.32 Å². The van der Waals surface area contributed by atoms with Crippen LogP contribution in [0.5, 0.6) is 0 Å². The first kappa shape index (κ1) is 8.52. The van der Waals surface area contributed by atoms with E-state index >= 15 is 0 Å². The van der Waals surface area contributed by atoms with Gasteiger partial charge in [-0.1, -0.05) is 6.42 Å². The summed E-state index contributed by atoms with van der Waals surface area (Å²) in [6, 6.07) is 0.756. The molecule has 2 fully saturated rings. The van der Waals surface area contributed by atoms with Crippen LogP contribution in [0.3, 0.4) is 0 Å². The lowest BCUT2D eigenvalue weighted by atomic mass is 9.90. The molecule has 0 bridgehead atoms. The highest BCUT2D eigenvalue weighted by atomic mass is 16.5. The summed E-state index contributed by atoms with van der Waals surface area (Å²) in [6.07, 6.45) is 6.88. The molecule has 0 aromatic heterocycles. The molecule has 12 heavy (non-hydrogen) atoms. The zero-order valence-corrected chi connectivity index (χ0v) is 7.94. The van der Waals surface area contributed by atoms with Crippen molar-refractivity contribution in [3.8, 4) is 0 Å². The largest absolute Gasteiger partial charge is 0.384 e. The highest BCUT2D eigenvalue weighted by molar-refractivity contribution is 5.02. The summed E-state index contributed by atoms with van der Waals surface area (Å²) in [5, 5.41) is 3.63. The standard InChI is InChI=1S/C10H19NO/c1-12-8-10(5-6-10)9-4-2-3-7-11-9/h9,11H,2-8H2,1H3. The van der Waals surface area contributed by atoms with Gasteiger partial charge in [-0.25, -0.2) is 0 Å². The van der Waals surface area contributed by atoms with E-state index in [0.29, 0.717) is 5.41 Å². The van der Waals surface area contributed by atoms with Crippen LogP contribution < -0.4 is 5.32 Å². The van der Waals surface area contributed by atoms with Gasteiger partial charge in [0.25, 0.3) is 0 Å². The normalized spacial score (nSPS) is 33.2. The Balaban J connectivity index is 1.88. The lowest BCUT2D eigenvalue weighted by Gasteiger charge is -2.31. The van der Waals surface area contributed by atoms with Gasteiger partial charge in [0.1, 0.15) is 0 Å². The van der Waals surface area contributed by atoms with E-state index in [1.807, 2.05) is 7.11 Å². The summed E-state index contributed by atoms with van der Waals surface area (Å²) in [7, 11) is 1.82. The van der Waals surface area contributed by atoms with E-state index < -0.39 is 0 Å². The second-order valence-electron chi connectivity index (χ2n) is 4.30. The van der Waals surface area contributed by atoms with Crippen molar-refractivity contribution in [2.45, 2.75) is 38.1 Å². The predicted molar refractivity (Wildman–Crippen MR) is 49.2 cm³/mol. The van der Waals surface area contributed by atoms with Crippen LogP contribution in [0.15, 0.2) is 0 Å². The fourth-order valence-electron chi connectivity index (χ4n) is 2.42. The van der Waals surface area contributed by atoms with Crippen LogP contribution in [0.4, 0.5) is 0 Å². The van der Waals surface area contributed by atoms with E-state index in [-0.39, 0.29) is 0 Å². The third-order valence-electron chi connectivity index (χ3n) is 3.37. The van der Waals surface area contributed by atoms with Crippen molar-refractivity contribution in [1.82, 2.24) is 5.32 Å². The number of hydrogen-bond acceptors (Lipinski definition) is 2. The maximum atomic E-state index is 5.28. The lowest BCUT2D eigenvalue weighted by molar-refractivity contribution is 0.108. The van der Waals surface area contributed by atoms with Crippen molar-refractivity contribution in [2.24, 2.45) is 5.41 Å². The molecule has 1 saturated heterocycles. The van der Waals surface area contributed by atoms with Gasteiger partial charge in [0.15, 0.2) is 0 Å². The van der Waals surface area contributed by atoms with Gasteiger partial charge in [-0.2, -0.15) is 0 Å². The molecule has 1 atom stereocenters. The highest BCUT2D eigenvalue weighted by Gasteiger charge is 2.49. The van der Waals surface area contributed by atoms with Gasteiger partial charge in [0.05, 0.1) is 6.61 Å². The smallest absolute Gasteiger partial charge is 0.0533 e. The van der Waals surface area contributed by atoms with Gasteiger partial charge in [0.2, 0.25) is 0 Å².